The number of rotatable bonds is 7. The van der Waals surface area contributed by atoms with Crippen LogP contribution in [0.2, 0.25) is 0 Å². The Balaban J connectivity index is 1.89. The van der Waals surface area contributed by atoms with E-state index in [4.69, 9.17) is 14.5 Å². The second-order valence-corrected chi connectivity index (χ2v) is 10.2. The van der Waals surface area contributed by atoms with Gasteiger partial charge in [-0.15, -0.1) is 0 Å². The van der Waals surface area contributed by atoms with Crippen LogP contribution in [-0.2, 0) is 10.0 Å². The van der Waals surface area contributed by atoms with E-state index < -0.39 is 16.1 Å². The molecule has 182 valence electrons. The van der Waals surface area contributed by atoms with Gasteiger partial charge in [-0.3, -0.25) is 9.36 Å². The Kier molecular flexibility index (Phi) is 6.64. The maximum Gasteiger partial charge on any atom is 0.266 e. The first-order chi connectivity index (χ1) is 16.7. The number of hydrogen-bond acceptors (Lipinski definition) is 6. The van der Waals surface area contributed by atoms with Crippen molar-refractivity contribution in [2.45, 2.75) is 24.8 Å². The van der Waals surface area contributed by atoms with Gasteiger partial charge in [0.05, 0.1) is 41.7 Å². The molecule has 0 aliphatic carbocycles. The summed E-state index contributed by atoms with van der Waals surface area (Å²) in [6, 6.07) is 17.8. The van der Waals surface area contributed by atoms with Gasteiger partial charge in [0, 0.05) is 7.05 Å². The van der Waals surface area contributed by atoms with Crippen LogP contribution in [0.3, 0.4) is 0 Å². The number of hydrogen-bond donors (Lipinski definition) is 0. The normalized spacial score (nSPS) is 12.6. The second-order valence-electron chi connectivity index (χ2n) is 8.20. The average molecular weight is 494 g/mol. The minimum absolute atomic E-state index is 0.113. The number of sulfonamides is 1. The number of fused-ring (bicyclic) bond motifs is 1. The monoisotopic (exact) mass is 493 g/mol. The summed E-state index contributed by atoms with van der Waals surface area (Å²) in [5.41, 5.74) is 1.71. The predicted octanol–water partition coefficient (Wildman–Crippen LogP) is 4.09. The molecule has 0 amide bonds. The zero-order valence-corrected chi connectivity index (χ0v) is 21.0. The summed E-state index contributed by atoms with van der Waals surface area (Å²) in [7, 11) is 0.669. The zero-order valence-electron chi connectivity index (χ0n) is 20.2. The Bertz CT molecular complexity index is 1530. The van der Waals surface area contributed by atoms with Gasteiger partial charge < -0.3 is 9.47 Å². The topological polar surface area (TPSA) is 90.7 Å². The van der Waals surface area contributed by atoms with Crippen molar-refractivity contribution in [3.8, 4) is 17.2 Å². The summed E-state index contributed by atoms with van der Waals surface area (Å²) < 4.78 is 39.9. The Morgan fingerprint density at radius 2 is 1.49 bits per heavy atom. The summed E-state index contributed by atoms with van der Waals surface area (Å²) in [6.07, 6.45) is 0. The molecule has 0 N–H and O–H groups in total. The van der Waals surface area contributed by atoms with E-state index in [0.717, 1.165) is 5.56 Å². The third-order valence-electron chi connectivity index (χ3n) is 6.04. The molecule has 0 saturated heterocycles. The smallest absolute Gasteiger partial charge is 0.266 e. The maximum atomic E-state index is 13.7. The maximum absolute atomic E-state index is 13.7. The van der Waals surface area contributed by atoms with E-state index in [0.29, 0.717) is 33.9 Å². The van der Waals surface area contributed by atoms with E-state index in [-0.39, 0.29) is 10.5 Å². The van der Waals surface area contributed by atoms with Gasteiger partial charge in [-0.2, -0.15) is 4.31 Å². The summed E-state index contributed by atoms with van der Waals surface area (Å²) in [5.74, 6) is 1.50. The van der Waals surface area contributed by atoms with Crippen LogP contribution in [0.1, 0.15) is 24.4 Å². The van der Waals surface area contributed by atoms with Crippen LogP contribution in [-0.4, -0.2) is 43.5 Å². The first-order valence-corrected chi connectivity index (χ1v) is 12.4. The van der Waals surface area contributed by atoms with Gasteiger partial charge in [-0.05, 0) is 74.5 Å². The largest absolute Gasteiger partial charge is 0.497 e. The Labute approximate surface area is 204 Å². The zero-order chi connectivity index (χ0) is 25.3. The molecule has 1 heterocycles. The first-order valence-electron chi connectivity index (χ1n) is 11.0. The van der Waals surface area contributed by atoms with Crippen LogP contribution in [0.15, 0.2) is 76.4 Å². The van der Waals surface area contributed by atoms with E-state index >= 15 is 0 Å². The van der Waals surface area contributed by atoms with Gasteiger partial charge in [0.2, 0.25) is 10.0 Å². The number of nitrogens with zero attached hydrogens (tertiary/aromatic N) is 3. The van der Waals surface area contributed by atoms with E-state index in [9.17, 15) is 13.2 Å². The molecule has 0 aliphatic heterocycles. The Morgan fingerprint density at radius 1 is 0.914 bits per heavy atom. The van der Waals surface area contributed by atoms with Crippen molar-refractivity contribution < 1.29 is 17.9 Å². The Morgan fingerprint density at radius 3 is 2.06 bits per heavy atom. The molecule has 0 saturated carbocycles. The molecule has 0 bridgehead atoms. The van der Waals surface area contributed by atoms with Gasteiger partial charge in [0.25, 0.3) is 5.56 Å². The van der Waals surface area contributed by atoms with Crippen LogP contribution < -0.4 is 15.0 Å². The highest BCUT2D eigenvalue weighted by atomic mass is 32.2. The molecule has 0 aliphatic rings. The lowest BCUT2D eigenvalue weighted by atomic mass is 10.1. The molecular formula is C26H27N3O5S. The molecule has 3 aromatic carbocycles. The van der Waals surface area contributed by atoms with Crippen molar-refractivity contribution in [2.75, 3.05) is 21.3 Å². The van der Waals surface area contributed by atoms with Crippen molar-refractivity contribution in [1.29, 1.82) is 0 Å². The van der Waals surface area contributed by atoms with E-state index in [1.165, 1.54) is 35.2 Å². The number of benzene rings is 3. The number of ether oxygens (including phenoxy) is 2. The molecular weight excluding hydrogens is 466 g/mol. The molecule has 4 aromatic rings. The highest BCUT2D eigenvalue weighted by Gasteiger charge is 2.30. The standard InChI is InChI=1S/C26H27N3O5S/c1-17-6-15-24-23(16-17)26(30)29(19-7-9-20(33-4)10-8-19)25(27-24)18(2)28(3)35(31,32)22-13-11-21(34-5)12-14-22/h6-16,18H,1-5H3. The number of methoxy groups -OCH3 is 2. The summed E-state index contributed by atoms with van der Waals surface area (Å²) in [4.78, 5) is 18.6. The third-order valence-corrected chi connectivity index (χ3v) is 7.98. The average Bonchev–Trinajstić information content (AvgIpc) is 2.88. The van der Waals surface area contributed by atoms with Gasteiger partial charge in [0.1, 0.15) is 17.3 Å². The number of aryl methyl sites for hydroxylation is 1. The van der Waals surface area contributed by atoms with Crippen molar-refractivity contribution in [3.05, 3.63) is 88.5 Å². The van der Waals surface area contributed by atoms with Gasteiger partial charge >= 0.3 is 0 Å². The molecule has 9 heteroatoms. The van der Waals surface area contributed by atoms with Crippen LogP contribution in [0.5, 0.6) is 11.5 Å². The molecule has 8 nitrogen and oxygen atoms in total. The summed E-state index contributed by atoms with van der Waals surface area (Å²) in [5, 5.41) is 0.456. The van der Waals surface area contributed by atoms with Crippen molar-refractivity contribution in [1.82, 2.24) is 13.9 Å². The fourth-order valence-corrected chi connectivity index (χ4v) is 5.19. The lowest BCUT2D eigenvalue weighted by molar-refractivity contribution is 0.378. The Hall–Kier alpha value is -3.69. The highest BCUT2D eigenvalue weighted by molar-refractivity contribution is 7.89. The highest BCUT2D eigenvalue weighted by Crippen LogP contribution is 2.28. The van der Waals surface area contributed by atoms with E-state index in [2.05, 4.69) is 0 Å². The molecule has 0 fully saturated rings. The quantitative estimate of drug-likeness (QED) is 0.385. The van der Waals surface area contributed by atoms with Crippen LogP contribution in [0.4, 0.5) is 0 Å². The van der Waals surface area contributed by atoms with Crippen LogP contribution in [0, 0.1) is 6.92 Å². The molecule has 1 atom stereocenters. The first kappa shape index (κ1) is 24.4. The van der Waals surface area contributed by atoms with Crippen LogP contribution in [0.25, 0.3) is 16.6 Å². The lowest BCUT2D eigenvalue weighted by Crippen LogP contribution is -2.35. The van der Waals surface area contributed by atoms with Gasteiger partial charge in [-0.1, -0.05) is 11.6 Å². The number of aromatic nitrogens is 2. The molecule has 35 heavy (non-hydrogen) atoms. The molecule has 1 unspecified atom stereocenters. The summed E-state index contributed by atoms with van der Waals surface area (Å²) in [6.45, 7) is 3.62. The third kappa shape index (κ3) is 4.52. The predicted molar refractivity (Wildman–Crippen MR) is 135 cm³/mol. The second kappa shape index (κ2) is 9.52. The minimum Gasteiger partial charge on any atom is -0.497 e. The fourth-order valence-electron chi connectivity index (χ4n) is 3.86. The molecule has 0 spiro atoms. The van der Waals surface area contributed by atoms with E-state index in [1.807, 2.05) is 13.0 Å². The minimum atomic E-state index is -3.89. The lowest BCUT2D eigenvalue weighted by Gasteiger charge is -2.26. The summed E-state index contributed by atoms with van der Waals surface area (Å²) >= 11 is 0. The van der Waals surface area contributed by atoms with Crippen LogP contribution >= 0.6 is 0 Å². The van der Waals surface area contributed by atoms with Crippen molar-refractivity contribution >= 4 is 20.9 Å². The SMILES string of the molecule is COc1ccc(-n2c(C(C)N(C)S(=O)(=O)c3ccc(OC)cc3)nc3ccc(C)cc3c2=O)cc1. The van der Waals surface area contributed by atoms with Gasteiger partial charge in [0.15, 0.2) is 0 Å². The van der Waals surface area contributed by atoms with Gasteiger partial charge in [-0.25, -0.2) is 13.4 Å². The molecule has 1 aromatic heterocycles. The molecule has 0 radical (unpaired) electrons. The molecule has 4 rings (SSSR count). The van der Waals surface area contributed by atoms with E-state index in [1.54, 1.807) is 62.6 Å². The van der Waals surface area contributed by atoms with Crippen molar-refractivity contribution in [3.63, 3.8) is 0 Å². The van der Waals surface area contributed by atoms with Crippen molar-refractivity contribution in [2.24, 2.45) is 0 Å². The fraction of sp³-hybridized carbons (Fsp3) is 0.231.